The van der Waals surface area contributed by atoms with E-state index in [9.17, 15) is 13.2 Å². The number of ether oxygens (including phenoxy) is 1. The summed E-state index contributed by atoms with van der Waals surface area (Å²) in [5.74, 6) is 0.424. The zero-order valence-corrected chi connectivity index (χ0v) is 12.2. The summed E-state index contributed by atoms with van der Waals surface area (Å²) in [6.07, 6.45) is -4.00. The Labute approximate surface area is 122 Å². The van der Waals surface area contributed by atoms with E-state index in [0.717, 1.165) is 18.5 Å². The van der Waals surface area contributed by atoms with Gasteiger partial charge in [-0.3, -0.25) is 0 Å². The van der Waals surface area contributed by atoms with Crippen LogP contribution in [0.3, 0.4) is 0 Å². The van der Waals surface area contributed by atoms with Gasteiger partial charge in [0.15, 0.2) is 0 Å². The van der Waals surface area contributed by atoms with Crippen molar-refractivity contribution in [2.75, 3.05) is 13.2 Å². The van der Waals surface area contributed by atoms with Crippen molar-refractivity contribution < 1.29 is 17.9 Å². The third-order valence-electron chi connectivity index (χ3n) is 2.61. The van der Waals surface area contributed by atoms with E-state index in [1.54, 1.807) is 12.1 Å². The predicted octanol–water partition coefficient (Wildman–Crippen LogP) is 4.56. The molecule has 114 valence electrons. The summed E-state index contributed by atoms with van der Waals surface area (Å²) in [5, 5.41) is 3.67. The average molecular weight is 310 g/mol. The van der Waals surface area contributed by atoms with E-state index in [1.165, 1.54) is 0 Å². The molecule has 0 saturated carbocycles. The Morgan fingerprint density at radius 2 is 2.05 bits per heavy atom. The molecule has 1 aromatic carbocycles. The first kappa shape index (κ1) is 17.1. The van der Waals surface area contributed by atoms with Crippen LogP contribution in [0.2, 0.25) is 5.02 Å². The number of hydrogen-bond acceptors (Lipinski definition) is 2. The molecule has 20 heavy (non-hydrogen) atoms. The van der Waals surface area contributed by atoms with Crippen molar-refractivity contribution in [3.63, 3.8) is 0 Å². The van der Waals surface area contributed by atoms with Crippen LogP contribution in [-0.4, -0.2) is 19.3 Å². The predicted molar refractivity (Wildman–Crippen MR) is 74.2 cm³/mol. The Morgan fingerprint density at radius 1 is 1.30 bits per heavy atom. The molecule has 0 aliphatic carbocycles. The van der Waals surface area contributed by atoms with Crippen LogP contribution in [0.25, 0.3) is 0 Å². The van der Waals surface area contributed by atoms with Crippen LogP contribution in [0.1, 0.15) is 31.7 Å². The molecule has 0 radical (unpaired) electrons. The van der Waals surface area contributed by atoms with Gasteiger partial charge in [-0.1, -0.05) is 24.6 Å². The quantitative estimate of drug-likeness (QED) is 0.711. The molecular weight excluding hydrogens is 291 g/mol. The molecular formula is C14H19ClF3NO. The van der Waals surface area contributed by atoms with Crippen molar-refractivity contribution in [2.24, 2.45) is 0 Å². The number of halogens is 4. The summed E-state index contributed by atoms with van der Waals surface area (Å²) >= 11 is 6.04. The van der Waals surface area contributed by atoms with Gasteiger partial charge in [0.25, 0.3) is 0 Å². The van der Waals surface area contributed by atoms with Gasteiger partial charge in [-0.2, -0.15) is 13.2 Å². The lowest BCUT2D eigenvalue weighted by Crippen LogP contribution is -2.13. The fourth-order valence-electron chi connectivity index (χ4n) is 1.64. The highest BCUT2D eigenvalue weighted by atomic mass is 35.5. The number of benzene rings is 1. The van der Waals surface area contributed by atoms with Crippen LogP contribution in [0.15, 0.2) is 18.2 Å². The van der Waals surface area contributed by atoms with Gasteiger partial charge in [0.2, 0.25) is 0 Å². The number of rotatable bonds is 8. The first-order chi connectivity index (χ1) is 9.42. The smallest absolute Gasteiger partial charge is 0.389 e. The van der Waals surface area contributed by atoms with E-state index < -0.39 is 12.6 Å². The second-order valence-electron chi connectivity index (χ2n) is 4.51. The van der Waals surface area contributed by atoms with Crippen molar-refractivity contribution >= 4 is 11.6 Å². The molecule has 0 heterocycles. The monoisotopic (exact) mass is 309 g/mol. The maximum absolute atomic E-state index is 12.0. The third-order valence-corrected chi connectivity index (χ3v) is 2.91. The standard InChI is InChI=1S/C14H19ClF3NO/c1-2-7-19-10-11-4-5-13(12(15)9-11)20-8-3-6-14(16,17)18/h4-5,9,19H,2-3,6-8,10H2,1H3. The molecule has 0 aromatic heterocycles. The van der Waals surface area contributed by atoms with E-state index >= 15 is 0 Å². The van der Waals surface area contributed by atoms with Gasteiger partial charge in [-0.25, -0.2) is 0 Å². The van der Waals surface area contributed by atoms with Crippen molar-refractivity contribution in [2.45, 2.75) is 38.9 Å². The zero-order chi connectivity index (χ0) is 15.0. The maximum Gasteiger partial charge on any atom is 0.389 e. The van der Waals surface area contributed by atoms with E-state index in [2.05, 4.69) is 12.2 Å². The lowest BCUT2D eigenvalue weighted by atomic mass is 10.2. The summed E-state index contributed by atoms with van der Waals surface area (Å²) < 4.78 is 41.2. The minimum absolute atomic E-state index is 0.00661. The Kier molecular flexibility index (Phi) is 7.16. The first-order valence-electron chi connectivity index (χ1n) is 6.61. The van der Waals surface area contributed by atoms with Crippen LogP contribution in [0, 0.1) is 0 Å². The van der Waals surface area contributed by atoms with Crippen molar-refractivity contribution in [3.05, 3.63) is 28.8 Å². The largest absolute Gasteiger partial charge is 0.492 e. The van der Waals surface area contributed by atoms with Gasteiger partial charge in [0.1, 0.15) is 5.75 Å². The minimum Gasteiger partial charge on any atom is -0.492 e. The molecule has 1 N–H and O–H groups in total. The molecule has 0 unspecified atom stereocenters. The van der Waals surface area contributed by atoms with Gasteiger partial charge in [-0.05, 0) is 37.1 Å². The average Bonchev–Trinajstić information content (AvgIpc) is 2.36. The molecule has 0 amide bonds. The van der Waals surface area contributed by atoms with Gasteiger partial charge in [0.05, 0.1) is 11.6 Å². The maximum atomic E-state index is 12.0. The van der Waals surface area contributed by atoms with Gasteiger partial charge in [0, 0.05) is 13.0 Å². The van der Waals surface area contributed by atoms with Crippen LogP contribution < -0.4 is 10.1 Å². The lowest BCUT2D eigenvalue weighted by Gasteiger charge is -2.11. The lowest BCUT2D eigenvalue weighted by molar-refractivity contribution is -0.136. The SMILES string of the molecule is CCCNCc1ccc(OCCCC(F)(F)F)c(Cl)c1. The molecule has 0 aliphatic heterocycles. The van der Waals surface area contributed by atoms with Gasteiger partial charge >= 0.3 is 6.18 Å². The summed E-state index contributed by atoms with van der Waals surface area (Å²) in [4.78, 5) is 0. The van der Waals surface area contributed by atoms with E-state index in [-0.39, 0.29) is 13.0 Å². The number of nitrogens with one attached hydrogen (secondary N) is 1. The van der Waals surface area contributed by atoms with Crippen molar-refractivity contribution in [3.8, 4) is 5.75 Å². The molecule has 0 fully saturated rings. The Hall–Kier alpha value is -0.940. The second-order valence-corrected chi connectivity index (χ2v) is 4.92. The van der Waals surface area contributed by atoms with Crippen molar-refractivity contribution in [1.82, 2.24) is 5.32 Å². The zero-order valence-electron chi connectivity index (χ0n) is 11.4. The van der Waals surface area contributed by atoms with Gasteiger partial charge in [-0.15, -0.1) is 0 Å². The normalized spacial score (nSPS) is 11.7. The summed E-state index contributed by atoms with van der Waals surface area (Å²) in [5.41, 5.74) is 1.02. The molecule has 0 saturated heterocycles. The summed E-state index contributed by atoms with van der Waals surface area (Å²) in [6, 6.07) is 5.32. The molecule has 1 rings (SSSR count). The first-order valence-corrected chi connectivity index (χ1v) is 6.99. The highest BCUT2D eigenvalue weighted by molar-refractivity contribution is 6.32. The third kappa shape index (κ3) is 7.01. The summed E-state index contributed by atoms with van der Waals surface area (Å²) in [7, 11) is 0. The Bertz CT molecular complexity index is 410. The molecule has 0 atom stereocenters. The molecule has 1 aromatic rings. The number of hydrogen-bond donors (Lipinski definition) is 1. The number of alkyl halides is 3. The van der Waals surface area contributed by atoms with Crippen LogP contribution in [-0.2, 0) is 6.54 Å². The van der Waals surface area contributed by atoms with E-state index in [0.29, 0.717) is 17.3 Å². The fourth-order valence-corrected chi connectivity index (χ4v) is 1.89. The highest BCUT2D eigenvalue weighted by Gasteiger charge is 2.26. The molecule has 0 aliphatic rings. The minimum atomic E-state index is -4.14. The summed E-state index contributed by atoms with van der Waals surface area (Å²) in [6.45, 7) is 3.72. The molecule has 0 spiro atoms. The van der Waals surface area contributed by atoms with Crippen molar-refractivity contribution in [1.29, 1.82) is 0 Å². The molecule has 0 bridgehead atoms. The van der Waals surface area contributed by atoms with Crippen LogP contribution >= 0.6 is 11.6 Å². The fraction of sp³-hybridized carbons (Fsp3) is 0.571. The molecule has 2 nitrogen and oxygen atoms in total. The van der Waals surface area contributed by atoms with E-state index in [4.69, 9.17) is 16.3 Å². The molecule has 6 heteroatoms. The Morgan fingerprint density at radius 3 is 2.65 bits per heavy atom. The van der Waals surface area contributed by atoms with Crippen LogP contribution in [0.5, 0.6) is 5.75 Å². The second kappa shape index (κ2) is 8.37. The Balaban J connectivity index is 2.39. The van der Waals surface area contributed by atoms with E-state index in [1.807, 2.05) is 6.07 Å². The topological polar surface area (TPSA) is 21.3 Å². The van der Waals surface area contributed by atoms with Gasteiger partial charge < -0.3 is 10.1 Å². The van der Waals surface area contributed by atoms with Crippen LogP contribution in [0.4, 0.5) is 13.2 Å². The highest BCUT2D eigenvalue weighted by Crippen LogP contribution is 2.26.